The van der Waals surface area contributed by atoms with Crippen molar-refractivity contribution < 1.29 is 18.8 Å². The molecule has 0 aliphatic carbocycles. The number of nitrogens with zero attached hydrogens (tertiary/aromatic N) is 2. The van der Waals surface area contributed by atoms with Crippen molar-refractivity contribution in [1.29, 1.82) is 0 Å². The van der Waals surface area contributed by atoms with E-state index in [2.05, 4.69) is 5.16 Å². The van der Waals surface area contributed by atoms with Gasteiger partial charge in [0.05, 0.1) is 6.04 Å². The van der Waals surface area contributed by atoms with Crippen molar-refractivity contribution in [1.82, 2.24) is 10.1 Å². The number of hydrogen-bond acceptors (Lipinski definition) is 5. The van der Waals surface area contributed by atoms with Crippen LogP contribution >= 0.6 is 0 Å². The monoisotopic (exact) mass is 326 g/mol. The largest absolute Gasteiger partial charge is 0.454 e. The Hall–Kier alpha value is -2.76. The zero-order valence-corrected chi connectivity index (χ0v) is 13.4. The first-order valence-corrected chi connectivity index (χ1v) is 8.02. The summed E-state index contributed by atoms with van der Waals surface area (Å²) in [7, 11) is 0. The molecule has 24 heavy (non-hydrogen) atoms. The summed E-state index contributed by atoms with van der Waals surface area (Å²) in [5, 5.41) is 4.06. The van der Waals surface area contributed by atoms with Gasteiger partial charge in [-0.05, 0) is 43.5 Å². The minimum atomic E-state index is -0.0178. The molecule has 6 heteroatoms. The highest BCUT2D eigenvalue weighted by atomic mass is 16.7. The summed E-state index contributed by atoms with van der Waals surface area (Å²) in [5.74, 6) is 2.19. The number of amides is 1. The van der Waals surface area contributed by atoms with Gasteiger partial charge in [-0.3, -0.25) is 4.79 Å². The number of fused-ring (bicyclic) bond motifs is 1. The molecule has 4 rings (SSSR count). The van der Waals surface area contributed by atoms with E-state index in [9.17, 15) is 4.79 Å². The number of hydrogen-bond donors (Lipinski definition) is 0. The first-order chi connectivity index (χ1) is 11.7. The average molecular weight is 326 g/mol. The maximum absolute atomic E-state index is 12.6. The Balaban J connectivity index is 1.49. The van der Waals surface area contributed by atoms with E-state index in [0.717, 1.165) is 42.2 Å². The zero-order valence-electron chi connectivity index (χ0n) is 13.4. The van der Waals surface area contributed by atoms with Crippen LogP contribution in [0.25, 0.3) is 6.08 Å². The Bertz CT molecular complexity index is 796. The van der Waals surface area contributed by atoms with Crippen LogP contribution in [0.5, 0.6) is 11.5 Å². The van der Waals surface area contributed by atoms with Crippen molar-refractivity contribution in [2.45, 2.75) is 25.8 Å². The average Bonchev–Trinajstić information content (AvgIpc) is 3.31. The van der Waals surface area contributed by atoms with Crippen molar-refractivity contribution in [3.05, 3.63) is 47.4 Å². The second-order valence-electron chi connectivity index (χ2n) is 6.00. The lowest BCUT2D eigenvalue weighted by Crippen LogP contribution is -2.29. The van der Waals surface area contributed by atoms with Crippen LogP contribution < -0.4 is 9.47 Å². The number of aryl methyl sites for hydroxylation is 1. The van der Waals surface area contributed by atoms with Gasteiger partial charge in [0, 0.05) is 18.7 Å². The quantitative estimate of drug-likeness (QED) is 0.811. The van der Waals surface area contributed by atoms with Crippen LogP contribution in [0.2, 0.25) is 0 Å². The highest BCUT2D eigenvalue weighted by Crippen LogP contribution is 2.34. The number of carbonyl (C=O) groups excluding carboxylic acids is 1. The standard InChI is InChI=1S/C18H18N2O4/c1-12-9-14(19-24-12)15-3-2-8-20(15)18(21)7-5-13-4-6-16-17(10-13)23-11-22-16/h4-7,9-10,15H,2-3,8,11H2,1H3/b7-5-/t15-/m0/s1. The fourth-order valence-corrected chi connectivity index (χ4v) is 3.16. The van der Waals surface area contributed by atoms with E-state index in [1.807, 2.05) is 36.1 Å². The van der Waals surface area contributed by atoms with E-state index in [1.165, 1.54) is 0 Å². The summed E-state index contributed by atoms with van der Waals surface area (Å²) >= 11 is 0. The highest BCUT2D eigenvalue weighted by Gasteiger charge is 2.30. The molecule has 0 bridgehead atoms. The minimum absolute atomic E-state index is 0.00338. The second kappa shape index (κ2) is 6.03. The van der Waals surface area contributed by atoms with Crippen LogP contribution in [0, 0.1) is 6.92 Å². The van der Waals surface area contributed by atoms with Gasteiger partial charge in [-0.15, -0.1) is 0 Å². The van der Waals surface area contributed by atoms with Gasteiger partial charge in [0.1, 0.15) is 11.5 Å². The van der Waals surface area contributed by atoms with E-state index in [4.69, 9.17) is 14.0 Å². The molecule has 2 aromatic rings. The van der Waals surface area contributed by atoms with E-state index in [1.54, 1.807) is 12.2 Å². The molecular weight excluding hydrogens is 308 g/mol. The van der Waals surface area contributed by atoms with Crippen LogP contribution in [0.15, 0.2) is 34.9 Å². The summed E-state index contributed by atoms with van der Waals surface area (Å²) in [6.45, 7) is 2.84. The van der Waals surface area contributed by atoms with Gasteiger partial charge in [0.15, 0.2) is 11.5 Å². The van der Waals surface area contributed by atoms with Crippen LogP contribution in [0.1, 0.15) is 35.9 Å². The number of carbonyl (C=O) groups is 1. The minimum Gasteiger partial charge on any atom is -0.454 e. The lowest BCUT2D eigenvalue weighted by Gasteiger charge is -2.21. The molecule has 1 aromatic heterocycles. The molecular formula is C18H18N2O4. The van der Waals surface area contributed by atoms with Gasteiger partial charge in [-0.25, -0.2) is 0 Å². The SMILES string of the molecule is Cc1cc([C@@H]2CCCN2C(=O)/C=C\c2ccc3c(c2)OCO3)no1. The Morgan fingerprint density at radius 3 is 3.00 bits per heavy atom. The Morgan fingerprint density at radius 1 is 1.29 bits per heavy atom. The van der Waals surface area contributed by atoms with Gasteiger partial charge in [0.25, 0.3) is 0 Å². The van der Waals surface area contributed by atoms with Crippen molar-refractivity contribution in [2.24, 2.45) is 0 Å². The van der Waals surface area contributed by atoms with E-state index < -0.39 is 0 Å². The van der Waals surface area contributed by atoms with Gasteiger partial charge in [-0.2, -0.15) is 0 Å². The summed E-state index contributed by atoms with van der Waals surface area (Å²) < 4.78 is 15.8. The third kappa shape index (κ3) is 2.75. The molecule has 1 fully saturated rings. The first-order valence-electron chi connectivity index (χ1n) is 8.02. The predicted molar refractivity (Wildman–Crippen MR) is 86.5 cm³/mol. The van der Waals surface area contributed by atoms with Crippen molar-refractivity contribution in [3.8, 4) is 11.5 Å². The number of benzene rings is 1. The number of ether oxygens (including phenoxy) is 2. The fourth-order valence-electron chi connectivity index (χ4n) is 3.16. The summed E-state index contributed by atoms with van der Waals surface area (Å²) in [6, 6.07) is 7.52. The van der Waals surface area contributed by atoms with E-state index >= 15 is 0 Å². The molecule has 0 spiro atoms. The number of rotatable bonds is 3. The Kier molecular flexibility index (Phi) is 3.72. The molecule has 124 valence electrons. The fraction of sp³-hybridized carbons (Fsp3) is 0.333. The molecule has 1 saturated heterocycles. The maximum Gasteiger partial charge on any atom is 0.247 e. The van der Waals surface area contributed by atoms with Crippen LogP contribution in [0.4, 0.5) is 0 Å². The molecule has 2 aliphatic heterocycles. The molecule has 0 unspecified atom stereocenters. The van der Waals surface area contributed by atoms with Crippen molar-refractivity contribution >= 4 is 12.0 Å². The van der Waals surface area contributed by atoms with E-state index in [0.29, 0.717) is 5.75 Å². The highest BCUT2D eigenvalue weighted by molar-refractivity contribution is 5.92. The smallest absolute Gasteiger partial charge is 0.247 e. The molecule has 3 heterocycles. The zero-order chi connectivity index (χ0) is 16.5. The summed E-state index contributed by atoms with van der Waals surface area (Å²) in [5.41, 5.74) is 1.73. The third-order valence-electron chi connectivity index (χ3n) is 4.34. The van der Waals surface area contributed by atoms with Crippen molar-refractivity contribution in [3.63, 3.8) is 0 Å². The lowest BCUT2D eigenvalue weighted by atomic mass is 10.1. The molecule has 2 aliphatic rings. The normalized spacial score (nSPS) is 19.4. The molecule has 0 saturated carbocycles. The van der Waals surface area contributed by atoms with Crippen molar-refractivity contribution in [2.75, 3.05) is 13.3 Å². The van der Waals surface area contributed by atoms with Gasteiger partial charge >= 0.3 is 0 Å². The maximum atomic E-state index is 12.6. The molecule has 0 radical (unpaired) electrons. The van der Waals surface area contributed by atoms with Gasteiger partial charge in [-0.1, -0.05) is 11.2 Å². The summed E-state index contributed by atoms with van der Waals surface area (Å²) in [6.07, 6.45) is 5.28. The topological polar surface area (TPSA) is 64.8 Å². The van der Waals surface area contributed by atoms with Gasteiger partial charge < -0.3 is 18.9 Å². The summed E-state index contributed by atoms with van der Waals surface area (Å²) in [4.78, 5) is 14.4. The van der Waals surface area contributed by atoms with Crippen LogP contribution in [-0.2, 0) is 4.79 Å². The third-order valence-corrected chi connectivity index (χ3v) is 4.34. The molecule has 1 amide bonds. The van der Waals surface area contributed by atoms with Crippen LogP contribution in [0.3, 0.4) is 0 Å². The molecule has 1 aromatic carbocycles. The van der Waals surface area contributed by atoms with E-state index in [-0.39, 0.29) is 18.7 Å². The molecule has 0 N–H and O–H groups in total. The lowest BCUT2D eigenvalue weighted by molar-refractivity contribution is -0.126. The van der Waals surface area contributed by atoms with Gasteiger partial charge in [0.2, 0.25) is 12.7 Å². The Labute approximate surface area is 139 Å². The molecule has 1 atom stereocenters. The first kappa shape index (κ1) is 14.8. The predicted octanol–water partition coefficient (Wildman–Crippen LogP) is 3.09. The molecule has 6 nitrogen and oxygen atoms in total. The number of likely N-dealkylation sites (tertiary alicyclic amines) is 1. The second-order valence-corrected chi connectivity index (χ2v) is 6.00. The van der Waals surface area contributed by atoms with Crippen LogP contribution in [-0.4, -0.2) is 29.3 Å². The number of aromatic nitrogens is 1. The Morgan fingerprint density at radius 2 is 2.17 bits per heavy atom.